The second-order valence-corrected chi connectivity index (χ2v) is 8.20. The first-order valence-electron chi connectivity index (χ1n) is 11.0. The number of benzene rings is 1. The smallest absolute Gasteiger partial charge is 0.236 e. The van der Waals surface area contributed by atoms with Crippen LogP contribution in [-0.2, 0) is 16.1 Å². The minimum absolute atomic E-state index is 0.0135. The highest BCUT2D eigenvalue weighted by molar-refractivity contribution is 5.78. The van der Waals surface area contributed by atoms with Crippen LogP contribution in [0, 0.1) is 12.7 Å². The van der Waals surface area contributed by atoms with E-state index in [-0.39, 0.29) is 24.4 Å². The fourth-order valence-corrected chi connectivity index (χ4v) is 3.80. The van der Waals surface area contributed by atoms with Crippen LogP contribution in [-0.4, -0.2) is 59.0 Å². The van der Waals surface area contributed by atoms with Gasteiger partial charge < -0.3 is 15.0 Å². The molecule has 1 N–H and O–H groups in total. The average Bonchev–Trinajstić information content (AvgIpc) is 2.81. The van der Waals surface area contributed by atoms with Gasteiger partial charge in [-0.3, -0.25) is 9.69 Å². The normalized spacial score (nSPS) is 16.1. The molecule has 0 spiro atoms. The molecule has 2 aromatic heterocycles. The second-order valence-electron chi connectivity index (χ2n) is 8.20. The van der Waals surface area contributed by atoms with Crippen LogP contribution in [0.3, 0.4) is 0 Å². The Bertz CT molecular complexity index is 1110. The third-order valence-corrected chi connectivity index (χ3v) is 5.47. The van der Waals surface area contributed by atoms with Crippen molar-refractivity contribution in [2.75, 3.05) is 38.6 Å². The lowest BCUT2D eigenvalue weighted by Gasteiger charge is -2.33. The summed E-state index contributed by atoms with van der Waals surface area (Å²) in [5, 5.41) is 3.22. The maximum absolute atomic E-state index is 13.9. The molecule has 0 radical (unpaired) electrons. The van der Waals surface area contributed by atoms with Crippen LogP contribution in [0.2, 0.25) is 0 Å². The number of ether oxygens (including phenoxy) is 1. The molecule has 33 heavy (non-hydrogen) atoms. The van der Waals surface area contributed by atoms with Gasteiger partial charge in [-0.25, -0.2) is 14.4 Å². The molecule has 0 aliphatic carbocycles. The van der Waals surface area contributed by atoms with Crippen LogP contribution in [0.5, 0.6) is 0 Å². The van der Waals surface area contributed by atoms with Crippen LogP contribution < -0.4 is 5.32 Å². The highest BCUT2D eigenvalue weighted by Crippen LogP contribution is 2.23. The highest BCUT2D eigenvalue weighted by Gasteiger charge is 2.27. The summed E-state index contributed by atoms with van der Waals surface area (Å²) in [5.74, 6) is 1.12. The van der Waals surface area contributed by atoms with Gasteiger partial charge in [0.1, 0.15) is 23.6 Å². The first-order chi connectivity index (χ1) is 16.0. The highest BCUT2D eigenvalue weighted by atomic mass is 19.1. The van der Waals surface area contributed by atoms with E-state index < -0.39 is 0 Å². The standard InChI is InChI=1S/C25H28FN5O2/c1-18-7-5-11-23(27-18)29-24-12-6-10-21(28-24)22-16-31(13-14-33-22)25(32)17-30(2)15-19-8-3-4-9-20(19)26/h3-12,22H,13-17H2,1-2H3,(H,27,28,29)/t22-/m0/s1. The Morgan fingerprint density at radius 1 is 1.12 bits per heavy atom. The predicted molar refractivity (Wildman–Crippen MR) is 125 cm³/mol. The Morgan fingerprint density at radius 2 is 1.88 bits per heavy atom. The summed E-state index contributed by atoms with van der Waals surface area (Å²) in [7, 11) is 1.82. The van der Waals surface area contributed by atoms with E-state index in [1.54, 1.807) is 23.1 Å². The number of carbonyl (C=O) groups excluding carboxylic acids is 1. The summed E-state index contributed by atoms with van der Waals surface area (Å²) in [6, 6.07) is 18.1. The SMILES string of the molecule is Cc1cccc(Nc2cccc([C@@H]3CN(C(=O)CN(C)Cc4ccccc4F)CCO3)n2)n1. The van der Waals surface area contributed by atoms with Gasteiger partial charge in [-0.15, -0.1) is 0 Å². The van der Waals surface area contributed by atoms with Crippen LogP contribution >= 0.6 is 0 Å². The first-order valence-corrected chi connectivity index (χ1v) is 11.0. The third kappa shape index (κ3) is 6.12. The Balaban J connectivity index is 1.37. The fraction of sp³-hybridized carbons (Fsp3) is 0.320. The molecule has 172 valence electrons. The Morgan fingerprint density at radius 3 is 2.67 bits per heavy atom. The van der Waals surface area contributed by atoms with E-state index >= 15 is 0 Å². The zero-order valence-corrected chi connectivity index (χ0v) is 18.9. The van der Waals surface area contributed by atoms with Crippen molar-refractivity contribution in [1.29, 1.82) is 0 Å². The summed E-state index contributed by atoms with van der Waals surface area (Å²) < 4.78 is 19.8. The quantitative estimate of drug-likeness (QED) is 0.593. The van der Waals surface area contributed by atoms with Crippen molar-refractivity contribution >= 4 is 17.5 Å². The number of hydrogen-bond acceptors (Lipinski definition) is 6. The van der Waals surface area contributed by atoms with Gasteiger partial charge >= 0.3 is 0 Å². The largest absolute Gasteiger partial charge is 0.368 e. The second kappa shape index (κ2) is 10.5. The van der Waals surface area contributed by atoms with E-state index in [1.165, 1.54) is 6.07 Å². The Kier molecular flexibility index (Phi) is 7.26. The van der Waals surface area contributed by atoms with Gasteiger partial charge in [0.05, 0.1) is 25.4 Å². The molecule has 1 aromatic carbocycles. The topological polar surface area (TPSA) is 70.6 Å². The van der Waals surface area contributed by atoms with Gasteiger partial charge in [-0.05, 0) is 44.3 Å². The monoisotopic (exact) mass is 449 g/mol. The van der Waals surface area contributed by atoms with Crippen molar-refractivity contribution in [3.8, 4) is 0 Å². The number of carbonyl (C=O) groups is 1. The average molecular weight is 450 g/mol. The Hall–Kier alpha value is -3.36. The summed E-state index contributed by atoms with van der Waals surface area (Å²) >= 11 is 0. The van der Waals surface area contributed by atoms with Gasteiger partial charge in [0, 0.05) is 24.3 Å². The van der Waals surface area contributed by atoms with Crippen molar-refractivity contribution in [1.82, 2.24) is 19.8 Å². The molecule has 0 saturated carbocycles. The molecular weight excluding hydrogens is 421 g/mol. The number of hydrogen-bond donors (Lipinski definition) is 1. The molecule has 0 unspecified atom stereocenters. The number of morpholine rings is 1. The van der Waals surface area contributed by atoms with Crippen molar-refractivity contribution < 1.29 is 13.9 Å². The Labute approximate surface area is 193 Å². The number of likely N-dealkylation sites (N-methyl/N-ethyl adjacent to an activating group) is 1. The van der Waals surface area contributed by atoms with Crippen molar-refractivity contribution in [3.05, 3.63) is 83.4 Å². The van der Waals surface area contributed by atoms with Gasteiger partial charge in [0.2, 0.25) is 5.91 Å². The van der Waals surface area contributed by atoms with Crippen molar-refractivity contribution in [2.24, 2.45) is 0 Å². The van der Waals surface area contributed by atoms with Crippen molar-refractivity contribution in [2.45, 2.75) is 19.6 Å². The van der Waals surface area contributed by atoms with E-state index in [0.29, 0.717) is 37.6 Å². The molecule has 4 rings (SSSR count). The number of amides is 1. The minimum atomic E-state index is -0.313. The van der Waals surface area contributed by atoms with E-state index in [1.807, 2.05) is 55.3 Å². The summed E-state index contributed by atoms with van der Waals surface area (Å²) in [6.07, 6.45) is -0.313. The number of anilines is 2. The molecule has 1 fully saturated rings. The number of aromatic nitrogens is 2. The lowest BCUT2D eigenvalue weighted by Crippen LogP contribution is -2.46. The number of halogens is 1. The molecule has 3 aromatic rings. The molecule has 1 atom stereocenters. The number of rotatable bonds is 7. The van der Waals surface area contributed by atoms with Gasteiger partial charge in [0.15, 0.2) is 0 Å². The molecule has 1 aliphatic rings. The molecular formula is C25H28FN5O2. The molecule has 8 heteroatoms. The lowest BCUT2D eigenvalue weighted by atomic mass is 10.1. The van der Waals surface area contributed by atoms with Crippen LogP contribution in [0.25, 0.3) is 0 Å². The minimum Gasteiger partial charge on any atom is -0.368 e. The number of aryl methyl sites for hydroxylation is 1. The zero-order valence-electron chi connectivity index (χ0n) is 18.9. The zero-order chi connectivity index (χ0) is 23.2. The third-order valence-electron chi connectivity index (χ3n) is 5.47. The summed E-state index contributed by atoms with van der Waals surface area (Å²) in [6.45, 7) is 3.89. The van der Waals surface area contributed by atoms with Crippen LogP contribution in [0.15, 0.2) is 60.7 Å². The lowest BCUT2D eigenvalue weighted by molar-refractivity contribution is -0.140. The number of nitrogens with zero attached hydrogens (tertiary/aromatic N) is 4. The predicted octanol–water partition coefficient (Wildman–Crippen LogP) is 3.70. The fourth-order valence-electron chi connectivity index (χ4n) is 3.80. The first kappa shape index (κ1) is 22.8. The van der Waals surface area contributed by atoms with Crippen LogP contribution in [0.4, 0.5) is 16.0 Å². The van der Waals surface area contributed by atoms with Crippen molar-refractivity contribution in [3.63, 3.8) is 0 Å². The van der Waals surface area contributed by atoms with E-state index in [0.717, 1.165) is 17.2 Å². The van der Waals surface area contributed by atoms with Gasteiger partial charge in [-0.2, -0.15) is 0 Å². The summed E-state index contributed by atoms with van der Waals surface area (Å²) in [5.41, 5.74) is 2.25. The number of nitrogens with one attached hydrogen (secondary N) is 1. The summed E-state index contributed by atoms with van der Waals surface area (Å²) in [4.78, 5) is 25.6. The van der Waals surface area contributed by atoms with Gasteiger partial charge in [-0.1, -0.05) is 30.3 Å². The van der Waals surface area contributed by atoms with Crippen LogP contribution in [0.1, 0.15) is 23.1 Å². The number of pyridine rings is 2. The molecule has 3 heterocycles. The maximum Gasteiger partial charge on any atom is 0.236 e. The maximum atomic E-state index is 13.9. The van der Waals surface area contributed by atoms with E-state index in [9.17, 15) is 9.18 Å². The van der Waals surface area contributed by atoms with E-state index in [4.69, 9.17) is 4.74 Å². The molecule has 1 aliphatic heterocycles. The molecule has 1 saturated heterocycles. The van der Waals surface area contributed by atoms with E-state index in [2.05, 4.69) is 15.3 Å². The molecule has 1 amide bonds. The molecule has 7 nitrogen and oxygen atoms in total. The van der Waals surface area contributed by atoms with Gasteiger partial charge in [0.25, 0.3) is 0 Å². The molecule has 0 bridgehead atoms.